The lowest BCUT2D eigenvalue weighted by molar-refractivity contribution is -0.0522. The van der Waals surface area contributed by atoms with Crippen molar-refractivity contribution in [3.05, 3.63) is 29.6 Å². The molecule has 0 amide bonds. The van der Waals surface area contributed by atoms with E-state index in [-0.39, 0.29) is 5.75 Å². The van der Waals surface area contributed by atoms with Crippen LogP contribution in [0.4, 0.5) is 13.2 Å². The molecule has 0 saturated heterocycles. The Labute approximate surface area is 94.6 Å². The minimum absolute atomic E-state index is 0.205. The topological polar surface area (TPSA) is 32.3 Å². The molecule has 0 aliphatic carbocycles. The van der Waals surface area contributed by atoms with Crippen LogP contribution in [0.2, 0.25) is 0 Å². The van der Waals surface area contributed by atoms with Crippen molar-refractivity contribution in [3.8, 4) is 5.75 Å². The van der Waals surface area contributed by atoms with Gasteiger partial charge >= 0.3 is 6.61 Å². The Morgan fingerprint density at radius 1 is 1.44 bits per heavy atom. The van der Waals surface area contributed by atoms with Crippen molar-refractivity contribution in [3.63, 3.8) is 0 Å². The molecule has 0 heterocycles. The Balaban J connectivity index is 2.80. The molecule has 6 heteroatoms. The fraction of sp³-hybridized carbons (Fsp3) is 0.400. The van der Waals surface area contributed by atoms with Gasteiger partial charge in [0.2, 0.25) is 0 Å². The molecule has 1 atom stereocenters. The fourth-order valence-electron chi connectivity index (χ4n) is 1.11. The second kappa shape index (κ2) is 6.00. The third-order valence-electron chi connectivity index (χ3n) is 1.86. The molecule has 0 aliphatic rings. The highest BCUT2D eigenvalue weighted by Gasteiger charge is 2.12. The largest absolute Gasteiger partial charge is 0.616 e. The van der Waals surface area contributed by atoms with Crippen LogP contribution in [0.3, 0.4) is 0 Å². The van der Waals surface area contributed by atoms with E-state index in [2.05, 4.69) is 4.74 Å². The summed E-state index contributed by atoms with van der Waals surface area (Å²) in [5.74, 6) is -0.703. The monoisotopic (exact) mass is 252 g/mol. The summed E-state index contributed by atoms with van der Waals surface area (Å²) in [5.41, 5.74) is 0.511. The van der Waals surface area contributed by atoms with Gasteiger partial charge in [0.05, 0.1) is 0 Å². The first-order chi connectivity index (χ1) is 7.52. The van der Waals surface area contributed by atoms with Gasteiger partial charge in [0.1, 0.15) is 11.5 Å². The molecule has 2 nitrogen and oxygen atoms in total. The minimum atomic E-state index is -3.07. The average molecular weight is 252 g/mol. The van der Waals surface area contributed by atoms with Crippen molar-refractivity contribution in [2.75, 3.05) is 5.75 Å². The fourth-order valence-corrected chi connectivity index (χ4v) is 1.87. The molecule has 0 fully saturated rings. The van der Waals surface area contributed by atoms with E-state index in [4.69, 9.17) is 0 Å². The van der Waals surface area contributed by atoms with E-state index in [0.29, 0.717) is 11.3 Å². The van der Waals surface area contributed by atoms with Crippen LogP contribution in [0.25, 0.3) is 0 Å². The number of alkyl halides is 2. The summed E-state index contributed by atoms with van der Waals surface area (Å²) in [6.45, 7) is -1.32. The summed E-state index contributed by atoms with van der Waals surface area (Å²) >= 11 is -1.07. The molecule has 1 aromatic rings. The predicted octanol–water partition coefficient (Wildman–Crippen LogP) is 2.70. The summed E-state index contributed by atoms with van der Waals surface area (Å²) in [6.07, 6.45) is 0. The van der Waals surface area contributed by atoms with E-state index >= 15 is 0 Å². The number of hydrogen-bond donors (Lipinski definition) is 0. The van der Waals surface area contributed by atoms with Crippen LogP contribution in [0, 0.1) is 5.82 Å². The summed E-state index contributed by atoms with van der Waals surface area (Å²) in [4.78, 5) is 0. The number of halogens is 3. The highest BCUT2D eigenvalue weighted by molar-refractivity contribution is 7.90. The van der Waals surface area contributed by atoms with Gasteiger partial charge in [-0.15, -0.1) is 0 Å². The third-order valence-corrected chi connectivity index (χ3v) is 3.16. The Hall–Kier alpha value is -0.880. The lowest BCUT2D eigenvalue weighted by Crippen LogP contribution is -2.08. The van der Waals surface area contributed by atoms with Gasteiger partial charge in [0.15, 0.2) is 11.6 Å². The smallest absolute Gasteiger partial charge is 0.387 e. The van der Waals surface area contributed by atoms with E-state index in [1.807, 2.05) is 0 Å². The third kappa shape index (κ3) is 3.94. The van der Waals surface area contributed by atoms with E-state index < -0.39 is 29.4 Å². The van der Waals surface area contributed by atoms with Gasteiger partial charge in [-0.25, -0.2) is 4.39 Å². The number of rotatable bonds is 5. The molecule has 0 saturated carbocycles. The Bertz CT molecular complexity index is 347. The lowest BCUT2D eigenvalue weighted by atomic mass is 10.2. The van der Waals surface area contributed by atoms with E-state index in [1.165, 1.54) is 6.07 Å². The van der Waals surface area contributed by atoms with Gasteiger partial charge < -0.3 is 9.29 Å². The molecule has 0 spiro atoms. The van der Waals surface area contributed by atoms with Crippen molar-refractivity contribution < 1.29 is 22.5 Å². The first-order valence-corrected chi connectivity index (χ1v) is 6.10. The first-order valence-electron chi connectivity index (χ1n) is 4.61. The number of hydrogen-bond acceptors (Lipinski definition) is 2. The molecule has 1 unspecified atom stereocenters. The van der Waals surface area contributed by atoms with Crippen LogP contribution in [0.15, 0.2) is 18.2 Å². The van der Waals surface area contributed by atoms with Crippen LogP contribution in [0.5, 0.6) is 5.75 Å². The SMILES string of the molecule is CC[S+]([O-])Cc1ccc(F)c(OC(F)F)c1. The van der Waals surface area contributed by atoms with E-state index in [0.717, 1.165) is 12.1 Å². The van der Waals surface area contributed by atoms with Gasteiger partial charge in [-0.1, -0.05) is 6.07 Å². The molecule has 1 aromatic carbocycles. The maximum atomic E-state index is 13.0. The highest BCUT2D eigenvalue weighted by atomic mass is 32.2. The van der Waals surface area contributed by atoms with E-state index in [9.17, 15) is 17.7 Å². The van der Waals surface area contributed by atoms with Gasteiger partial charge in [-0.05, 0) is 30.2 Å². The quantitative estimate of drug-likeness (QED) is 0.755. The van der Waals surface area contributed by atoms with Crippen molar-refractivity contribution in [1.29, 1.82) is 0 Å². The normalized spacial score (nSPS) is 12.9. The van der Waals surface area contributed by atoms with Crippen molar-refractivity contribution in [2.45, 2.75) is 19.3 Å². The van der Waals surface area contributed by atoms with Gasteiger partial charge in [-0.3, -0.25) is 0 Å². The van der Waals surface area contributed by atoms with Crippen LogP contribution >= 0.6 is 0 Å². The lowest BCUT2D eigenvalue weighted by Gasteiger charge is -2.10. The van der Waals surface area contributed by atoms with Crippen LogP contribution in [-0.4, -0.2) is 16.9 Å². The molecular weight excluding hydrogens is 241 g/mol. The molecule has 16 heavy (non-hydrogen) atoms. The Morgan fingerprint density at radius 3 is 2.69 bits per heavy atom. The van der Waals surface area contributed by atoms with Gasteiger partial charge in [0, 0.05) is 5.56 Å². The van der Waals surface area contributed by atoms with Crippen molar-refractivity contribution >= 4 is 11.2 Å². The summed E-state index contributed by atoms with van der Waals surface area (Å²) < 4.78 is 52.1. The number of ether oxygens (including phenoxy) is 1. The Morgan fingerprint density at radius 2 is 2.12 bits per heavy atom. The van der Waals surface area contributed by atoms with Gasteiger partial charge in [-0.2, -0.15) is 8.78 Å². The van der Waals surface area contributed by atoms with Crippen LogP contribution in [0.1, 0.15) is 12.5 Å². The molecule has 1 rings (SSSR count). The maximum Gasteiger partial charge on any atom is 0.387 e. The zero-order valence-corrected chi connectivity index (χ0v) is 9.40. The number of benzene rings is 1. The zero-order valence-electron chi connectivity index (χ0n) is 8.58. The summed E-state index contributed by atoms with van der Waals surface area (Å²) in [7, 11) is 0. The van der Waals surface area contributed by atoms with Crippen molar-refractivity contribution in [1.82, 2.24) is 0 Å². The molecule has 0 N–H and O–H groups in total. The molecule has 0 bridgehead atoms. The minimum Gasteiger partial charge on any atom is -0.616 e. The highest BCUT2D eigenvalue weighted by Crippen LogP contribution is 2.22. The molecule has 0 aliphatic heterocycles. The Kier molecular flexibility index (Phi) is 4.95. The second-order valence-electron chi connectivity index (χ2n) is 3.02. The first kappa shape index (κ1) is 13.2. The average Bonchev–Trinajstić information content (AvgIpc) is 2.22. The standard InChI is InChI=1S/C10H11F3O2S/c1-2-16(14)6-7-3-4-8(11)9(5-7)15-10(12)13/h3-5,10H,2,6H2,1H3. The van der Waals surface area contributed by atoms with Gasteiger partial charge in [0.25, 0.3) is 0 Å². The molecule has 90 valence electrons. The van der Waals surface area contributed by atoms with Crippen molar-refractivity contribution in [2.24, 2.45) is 0 Å². The second-order valence-corrected chi connectivity index (χ2v) is 4.76. The van der Waals surface area contributed by atoms with E-state index in [1.54, 1.807) is 6.92 Å². The summed E-state index contributed by atoms with van der Waals surface area (Å²) in [6, 6.07) is 3.58. The molecular formula is C10H11F3O2S. The van der Waals surface area contributed by atoms with Crippen LogP contribution in [-0.2, 0) is 16.9 Å². The molecule has 0 radical (unpaired) electrons. The zero-order chi connectivity index (χ0) is 12.1. The molecule has 0 aromatic heterocycles. The summed E-state index contributed by atoms with van der Waals surface area (Å²) in [5, 5.41) is 0. The predicted molar refractivity (Wildman–Crippen MR) is 55.4 cm³/mol. The van der Waals surface area contributed by atoms with Crippen LogP contribution < -0.4 is 4.74 Å². The maximum absolute atomic E-state index is 13.0.